The standard InChI is InChI=1S/C19H24N2O3/c1-19(2,3)14-20(16-9-11-18(24-4)12-10-16)13-15-5-7-17(8-6-15)21(22)23/h5-12H,13-14H2,1-4H3. The van der Waals surface area contributed by atoms with Crippen LogP contribution < -0.4 is 9.64 Å². The van der Waals surface area contributed by atoms with Gasteiger partial charge in [-0.2, -0.15) is 0 Å². The van der Waals surface area contributed by atoms with Crippen LogP contribution >= 0.6 is 0 Å². The van der Waals surface area contributed by atoms with Crippen LogP contribution in [-0.4, -0.2) is 18.6 Å². The molecule has 0 unspecified atom stereocenters. The summed E-state index contributed by atoms with van der Waals surface area (Å²) in [6.45, 7) is 8.15. The number of anilines is 1. The van der Waals surface area contributed by atoms with E-state index >= 15 is 0 Å². The number of nitro benzene ring substituents is 1. The van der Waals surface area contributed by atoms with E-state index < -0.39 is 0 Å². The molecular weight excluding hydrogens is 304 g/mol. The molecule has 2 aromatic rings. The largest absolute Gasteiger partial charge is 0.497 e. The Labute approximate surface area is 143 Å². The van der Waals surface area contributed by atoms with E-state index in [1.165, 1.54) is 0 Å². The fraction of sp³-hybridized carbons (Fsp3) is 0.368. The zero-order valence-corrected chi connectivity index (χ0v) is 14.7. The summed E-state index contributed by atoms with van der Waals surface area (Å²) in [6.07, 6.45) is 0. The van der Waals surface area contributed by atoms with E-state index in [9.17, 15) is 10.1 Å². The normalized spacial score (nSPS) is 11.2. The van der Waals surface area contributed by atoms with Crippen molar-refractivity contribution in [2.45, 2.75) is 27.3 Å². The molecule has 0 fully saturated rings. The Morgan fingerprint density at radius 3 is 2.08 bits per heavy atom. The zero-order valence-electron chi connectivity index (χ0n) is 14.7. The molecule has 5 nitrogen and oxygen atoms in total. The lowest BCUT2D eigenvalue weighted by Crippen LogP contribution is -2.32. The minimum absolute atomic E-state index is 0.116. The predicted octanol–water partition coefficient (Wildman–Crippen LogP) is 4.66. The Bertz CT molecular complexity index is 673. The third-order valence-electron chi connectivity index (χ3n) is 3.62. The summed E-state index contributed by atoms with van der Waals surface area (Å²) >= 11 is 0. The highest BCUT2D eigenvalue weighted by Crippen LogP contribution is 2.26. The van der Waals surface area contributed by atoms with Crippen molar-refractivity contribution in [2.24, 2.45) is 5.41 Å². The van der Waals surface area contributed by atoms with E-state index in [-0.39, 0.29) is 16.0 Å². The summed E-state index contributed by atoms with van der Waals surface area (Å²) < 4.78 is 5.22. The topological polar surface area (TPSA) is 55.6 Å². The maximum atomic E-state index is 10.8. The third kappa shape index (κ3) is 4.98. The van der Waals surface area contributed by atoms with Gasteiger partial charge >= 0.3 is 0 Å². The van der Waals surface area contributed by atoms with E-state index in [2.05, 4.69) is 25.7 Å². The first-order chi connectivity index (χ1) is 11.3. The summed E-state index contributed by atoms with van der Waals surface area (Å²) in [4.78, 5) is 12.7. The van der Waals surface area contributed by atoms with Crippen molar-refractivity contribution in [3.8, 4) is 5.75 Å². The highest BCUT2D eigenvalue weighted by atomic mass is 16.6. The average molecular weight is 328 g/mol. The summed E-state index contributed by atoms with van der Waals surface area (Å²) in [7, 11) is 1.65. The van der Waals surface area contributed by atoms with Gasteiger partial charge in [0.2, 0.25) is 0 Å². The van der Waals surface area contributed by atoms with Gasteiger partial charge in [-0.05, 0) is 35.2 Å². The first-order valence-electron chi connectivity index (χ1n) is 7.91. The van der Waals surface area contributed by atoms with E-state index in [1.807, 2.05) is 36.4 Å². The highest BCUT2D eigenvalue weighted by molar-refractivity contribution is 5.50. The SMILES string of the molecule is COc1ccc(N(Cc2ccc([N+](=O)[O-])cc2)CC(C)(C)C)cc1. The predicted molar refractivity (Wildman–Crippen MR) is 96.6 cm³/mol. The molecule has 0 saturated carbocycles. The molecule has 0 radical (unpaired) electrons. The number of nitrogens with zero attached hydrogens (tertiary/aromatic N) is 2. The molecule has 24 heavy (non-hydrogen) atoms. The Balaban J connectivity index is 2.23. The number of benzene rings is 2. The van der Waals surface area contributed by atoms with Crippen LogP contribution in [0.5, 0.6) is 5.75 Å². The Kier molecular flexibility index (Phi) is 5.44. The van der Waals surface area contributed by atoms with E-state index in [4.69, 9.17) is 4.74 Å². The van der Waals surface area contributed by atoms with Gasteiger partial charge in [-0.25, -0.2) is 0 Å². The molecule has 2 rings (SSSR count). The van der Waals surface area contributed by atoms with Crippen LogP contribution in [-0.2, 0) is 6.54 Å². The van der Waals surface area contributed by atoms with Crippen molar-refractivity contribution in [3.63, 3.8) is 0 Å². The quantitative estimate of drug-likeness (QED) is 0.572. The van der Waals surface area contributed by atoms with Gasteiger partial charge in [0.15, 0.2) is 0 Å². The molecule has 0 aromatic heterocycles. The smallest absolute Gasteiger partial charge is 0.269 e. The van der Waals surface area contributed by atoms with Crippen LogP contribution in [0.2, 0.25) is 0 Å². The van der Waals surface area contributed by atoms with Crippen LogP contribution in [0.4, 0.5) is 11.4 Å². The number of hydrogen-bond acceptors (Lipinski definition) is 4. The second-order valence-corrected chi connectivity index (χ2v) is 7.04. The Morgan fingerprint density at radius 2 is 1.62 bits per heavy atom. The lowest BCUT2D eigenvalue weighted by molar-refractivity contribution is -0.384. The van der Waals surface area contributed by atoms with Gasteiger partial charge in [0, 0.05) is 30.9 Å². The van der Waals surface area contributed by atoms with Crippen molar-refractivity contribution in [3.05, 3.63) is 64.2 Å². The number of methoxy groups -OCH3 is 1. The maximum absolute atomic E-state index is 10.8. The highest BCUT2D eigenvalue weighted by Gasteiger charge is 2.18. The summed E-state index contributed by atoms with van der Waals surface area (Å²) in [5.74, 6) is 0.824. The first kappa shape index (κ1) is 17.8. The van der Waals surface area contributed by atoms with Crippen LogP contribution in [0.25, 0.3) is 0 Å². The molecule has 0 bridgehead atoms. The van der Waals surface area contributed by atoms with Gasteiger partial charge in [-0.15, -0.1) is 0 Å². The van der Waals surface area contributed by atoms with Gasteiger partial charge < -0.3 is 9.64 Å². The second-order valence-electron chi connectivity index (χ2n) is 7.04. The fourth-order valence-electron chi connectivity index (χ4n) is 2.55. The Hall–Kier alpha value is -2.56. The number of hydrogen-bond donors (Lipinski definition) is 0. The number of ether oxygens (including phenoxy) is 1. The molecule has 0 aliphatic heterocycles. The molecule has 5 heteroatoms. The number of non-ortho nitro benzene ring substituents is 1. The molecule has 0 aliphatic rings. The summed E-state index contributed by atoms with van der Waals surface area (Å²) in [5, 5.41) is 10.8. The molecule has 0 amide bonds. The van der Waals surface area contributed by atoms with Crippen LogP contribution in [0, 0.1) is 15.5 Å². The van der Waals surface area contributed by atoms with Crippen molar-refractivity contribution in [1.82, 2.24) is 0 Å². The Morgan fingerprint density at radius 1 is 1.04 bits per heavy atom. The molecule has 0 aliphatic carbocycles. The molecule has 0 heterocycles. The first-order valence-corrected chi connectivity index (χ1v) is 7.91. The minimum atomic E-state index is -0.375. The lowest BCUT2D eigenvalue weighted by atomic mass is 9.95. The third-order valence-corrected chi connectivity index (χ3v) is 3.62. The number of nitro groups is 1. The summed E-state index contributed by atoms with van der Waals surface area (Å²) in [5.41, 5.74) is 2.39. The lowest BCUT2D eigenvalue weighted by Gasteiger charge is -2.32. The zero-order chi connectivity index (χ0) is 17.7. The van der Waals surface area contributed by atoms with Crippen LogP contribution in [0.15, 0.2) is 48.5 Å². The van der Waals surface area contributed by atoms with Gasteiger partial charge in [0.05, 0.1) is 12.0 Å². The molecule has 0 spiro atoms. The molecule has 0 N–H and O–H groups in total. The van der Waals surface area contributed by atoms with E-state index in [0.29, 0.717) is 6.54 Å². The van der Waals surface area contributed by atoms with Crippen molar-refractivity contribution >= 4 is 11.4 Å². The number of rotatable bonds is 6. The minimum Gasteiger partial charge on any atom is -0.497 e. The molecule has 2 aromatic carbocycles. The van der Waals surface area contributed by atoms with Crippen LogP contribution in [0.3, 0.4) is 0 Å². The molecule has 128 valence electrons. The van der Waals surface area contributed by atoms with E-state index in [1.54, 1.807) is 19.2 Å². The molecular formula is C19H24N2O3. The van der Waals surface area contributed by atoms with E-state index in [0.717, 1.165) is 23.5 Å². The van der Waals surface area contributed by atoms with Gasteiger partial charge in [-0.3, -0.25) is 10.1 Å². The fourth-order valence-corrected chi connectivity index (χ4v) is 2.55. The van der Waals surface area contributed by atoms with Gasteiger partial charge in [0.1, 0.15) is 5.75 Å². The average Bonchev–Trinajstić information content (AvgIpc) is 2.53. The van der Waals surface area contributed by atoms with Gasteiger partial charge in [0.25, 0.3) is 5.69 Å². The van der Waals surface area contributed by atoms with Crippen molar-refractivity contribution in [1.29, 1.82) is 0 Å². The molecule has 0 atom stereocenters. The van der Waals surface area contributed by atoms with Crippen LogP contribution in [0.1, 0.15) is 26.3 Å². The summed E-state index contributed by atoms with van der Waals surface area (Å²) in [6, 6.07) is 14.7. The maximum Gasteiger partial charge on any atom is 0.269 e. The van der Waals surface area contributed by atoms with Gasteiger partial charge in [-0.1, -0.05) is 32.9 Å². The van der Waals surface area contributed by atoms with Crippen molar-refractivity contribution in [2.75, 3.05) is 18.6 Å². The monoisotopic (exact) mass is 328 g/mol. The second kappa shape index (κ2) is 7.34. The molecule has 0 saturated heterocycles. The van der Waals surface area contributed by atoms with Crippen molar-refractivity contribution < 1.29 is 9.66 Å².